The van der Waals surface area contributed by atoms with Gasteiger partial charge in [-0.1, -0.05) is 60.2 Å². The largest absolute Gasteiger partial charge is 0.381 e. The maximum Gasteiger partial charge on any atom is 0.293 e. The van der Waals surface area contributed by atoms with Crippen molar-refractivity contribution in [3.63, 3.8) is 0 Å². The average molecular weight is 451 g/mol. The van der Waals surface area contributed by atoms with E-state index in [1.165, 1.54) is 4.90 Å². The van der Waals surface area contributed by atoms with E-state index in [-0.39, 0.29) is 30.1 Å². The lowest BCUT2D eigenvalue weighted by Gasteiger charge is -2.36. The van der Waals surface area contributed by atoms with Crippen LogP contribution in [0.2, 0.25) is 0 Å². The van der Waals surface area contributed by atoms with Crippen LogP contribution in [0.5, 0.6) is 0 Å². The molecule has 0 bridgehead atoms. The molecule has 6 nitrogen and oxygen atoms in total. The molecular weight excluding hydrogens is 424 g/mol. The third-order valence-corrected chi connectivity index (χ3v) is 6.88. The number of aryl methyl sites for hydroxylation is 1. The van der Waals surface area contributed by atoms with E-state index in [0.29, 0.717) is 31.0 Å². The zero-order valence-electron chi connectivity index (χ0n) is 18.0. The highest BCUT2D eigenvalue weighted by Gasteiger charge is 2.42. The van der Waals surface area contributed by atoms with Crippen molar-refractivity contribution in [2.45, 2.75) is 25.2 Å². The molecule has 2 fully saturated rings. The zero-order valence-corrected chi connectivity index (χ0v) is 18.8. The molecule has 2 aliphatic rings. The van der Waals surface area contributed by atoms with E-state index in [2.05, 4.69) is 5.32 Å². The second-order valence-corrected chi connectivity index (χ2v) is 9.05. The van der Waals surface area contributed by atoms with Gasteiger partial charge in [-0.15, -0.1) is 0 Å². The summed E-state index contributed by atoms with van der Waals surface area (Å²) in [6.45, 7) is 3.39. The molecule has 2 aliphatic heterocycles. The number of ether oxygens (including phenoxy) is 1. The van der Waals surface area contributed by atoms with Gasteiger partial charge in [-0.25, -0.2) is 0 Å². The second kappa shape index (κ2) is 9.71. The molecule has 2 saturated heterocycles. The summed E-state index contributed by atoms with van der Waals surface area (Å²) < 4.78 is 5.49. The molecule has 2 aromatic rings. The number of imide groups is 1. The maximum atomic E-state index is 13.2. The predicted octanol–water partition coefficient (Wildman–Crippen LogP) is 3.90. The number of carbonyl (C=O) groups is 3. The Bertz CT molecular complexity index is 1030. The van der Waals surface area contributed by atoms with E-state index < -0.39 is 5.41 Å². The van der Waals surface area contributed by atoms with Crippen molar-refractivity contribution in [3.05, 3.63) is 76.2 Å². The fraction of sp³-hybridized carbons (Fsp3) is 0.320. The summed E-state index contributed by atoms with van der Waals surface area (Å²) in [6, 6.07) is 17.5. The SMILES string of the molecule is Cc1ccc(/C=C2\SC(=O)N(CCNC(=O)C3(c4ccccc4)CCOCC3)C2=O)cc1. The molecule has 0 spiro atoms. The van der Waals surface area contributed by atoms with Gasteiger partial charge >= 0.3 is 0 Å². The average Bonchev–Trinajstić information content (AvgIpc) is 3.08. The van der Waals surface area contributed by atoms with Gasteiger partial charge in [0.2, 0.25) is 5.91 Å². The summed E-state index contributed by atoms with van der Waals surface area (Å²) in [5, 5.41) is 2.65. The fourth-order valence-electron chi connectivity index (χ4n) is 4.08. The normalized spacial score (nSPS) is 19.4. The third-order valence-electron chi connectivity index (χ3n) is 5.98. The molecular formula is C25H26N2O4S. The van der Waals surface area contributed by atoms with Gasteiger partial charge in [0.1, 0.15) is 0 Å². The Labute approximate surface area is 192 Å². The van der Waals surface area contributed by atoms with Gasteiger partial charge in [0.25, 0.3) is 11.1 Å². The molecule has 7 heteroatoms. The summed E-state index contributed by atoms with van der Waals surface area (Å²) in [5.41, 5.74) is 2.32. The molecule has 4 rings (SSSR count). The van der Waals surface area contributed by atoms with Crippen molar-refractivity contribution in [2.24, 2.45) is 0 Å². The first-order chi connectivity index (χ1) is 15.5. The molecule has 0 atom stereocenters. The van der Waals surface area contributed by atoms with Crippen molar-refractivity contribution < 1.29 is 19.1 Å². The maximum absolute atomic E-state index is 13.2. The molecule has 32 heavy (non-hydrogen) atoms. The first kappa shape index (κ1) is 22.3. The third kappa shape index (κ3) is 4.64. The van der Waals surface area contributed by atoms with Crippen LogP contribution < -0.4 is 5.32 Å². The lowest BCUT2D eigenvalue weighted by molar-refractivity contribution is -0.131. The van der Waals surface area contributed by atoms with E-state index in [9.17, 15) is 14.4 Å². The van der Waals surface area contributed by atoms with Crippen LogP contribution in [0.4, 0.5) is 4.79 Å². The minimum Gasteiger partial charge on any atom is -0.381 e. The van der Waals surface area contributed by atoms with Gasteiger partial charge in [-0.2, -0.15) is 0 Å². The number of nitrogens with one attached hydrogen (secondary N) is 1. The smallest absolute Gasteiger partial charge is 0.293 e. The zero-order chi connectivity index (χ0) is 22.6. The molecule has 2 heterocycles. The molecule has 0 saturated carbocycles. The second-order valence-electron chi connectivity index (χ2n) is 8.06. The van der Waals surface area contributed by atoms with Gasteiger partial charge in [-0.05, 0) is 48.7 Å². The van der Waals surface area contributed by atoms with Crippen LogP contribution in [0.1, 0.15) is 29.5 Å². The molecule has 0 radical (unpaired) electrons. The molecule has 0 unspecified atom stereocenters. The Balaban J connectivity index is 1.40. The van der Waals surface area contributed by atoms with E-state index in [1.807, 2.05) is 61.5 Å². The minimum atomic E-state index is -0.649. The first-order valence-electron chi connectivity index (χ1n) is 10.7. The Hall–Kier alpha value is -2.90. The highest BCUT2D eigenvalue weighted by Crippen LogP contribution is 2.35. The van der Waals surface area contributed by atoms with E-state index in [0.717, 1.165) is 28.5 Å². The summed E-state index contributed by atoms with van der Waals surface area (Å²) >= 11 is 0.933. The van der Waals surface area contributed by atoms with Crippen molar-refractivity contribution in [1.29, 1.82) is 0 Å². The number of hydrogen-bond acceptors (Lipinski definition) is 5. The predicted molar refractivity (Wildman–Crippen MR) is 125 cm³/mol. The fourth-order valence-corrected chi connectivity index (χ4v) is 4.95. The number of hydrogen-bond donors (Lipinski definition) is 1. The van der Waals surface area contributed by atoms with Crippen LogP contribution in [-0.4, -0.2) is 48.3 Å². The molecule has 0 aliphatic carbocycles. The van der Waals surface area contributed by atoms with Crippen molar-refractivity contribution in [1.82, 2.24) is 10.2 Å². The summed E-state index contributed by atoms with van der Waals surface area (Å²) in [4.78, 5) is 40.0. The topological polar surface area (TPSA) is 75.7 Å². The highest BCUT2D eigenvalue weighted by molar-refractivity contribution is 8.18. The number of thioether (sulfide) groups is 1. The minimum absolute atomic E-state index is 0.0887. The number of amides is 3. The lowest BCUT2D eigenvalue weighted by Crippen LogP contribution is -2.49. The standard InChI is InChI=1S/C25H26N2O4S/c1-18-7-9-19(10-8-18)17-21-22(28)27(24(30)32-21)14-13-26-23(29)25(11-15-31-16-12-25)20-5-3-2-4-6-20/h2-10,17H,11-16H2,1H3,(H,26,29)/b21-17-. The van der Waals surface area contributed by atoms with Crippen molar-refractivity contribution in [3.8, 4) is 0 Å². The Morgan fingerprint density at radius 1 is 1.09 bits per heavy atom. The quantitative estimate of drug-likeness (QED) is 0.676. The van der Waals surface area contributed by atoms with Crippen LogP contribution in [0.3, 0.4) is 0 Å². The van der Waals surface area contributed by atoms with Gasteiger partial charge < -0.3 is 10.1 Å². The summed E-state index contributed by atoms with van der Waals surface area (Å²) in [6.07, 6.45) is 2.93. The van der Waals surface area contributed by atoms with Gasteiger partial charge in [0.05, 0.1) is 10.3 Å². The Kier molecular flexibility index (Phi) is 6.77. The highest BCUT2D eigenvalue weighted by atomic mass is 32.2. The van der Waals surface area contributed by atoms with Gasteiger partial charge in [0.15, 0.2) is 0 Å². The molecule has 3 amide bonds. The first-order valence-corrected chi connectivity index (χ1v) is 11.5. The monoisotopic (exact) mass is 450 g/mol. The van der Waals surface area contributed by atoms with Crippen LogP contribution >= 0.6 is 11.8 Å². The number of nitrogens with zero attached hydrogens (tertiary/aromatic N) is 1. The van der Waals surface area contributed by atoms with Crippen LogP contribution in [0, 0.1) is 6.92 Å². The molecule has 2 aromatic carbocycles. The Morgan fingerprint density at radius 3 is 2.47 bits per heavy atom. The number of benzene rings is 2. The number of rotatable bonds is 6. The van der Waals surface area contributed by atoms with E-state index in [1.54, 1.807) is 6.08 Å². The summed E-state index contributed by atoms with van der Waals surface area (Å²) in [5.74, 6) is -0.409. The van der Waals surface area contributed by atoms with E-state index in [4.69, 9.17) is 4.74 Å². The van der Waals surface area contributed by atoms with Crippen molar-refractivity contribution >= 4 is 34.9 Å². The van der Waals surface area contributed by atoms with Crippen molar-refractivity contribution in [2.75, 3.05) is 26.3 Å². The number of carbonyl (C=O) groups excluding carboxylic acids is 3. The van der Waals surface area contributed by atoms with Crippen LogP contribution in [0.15, 0.2) is 59.5 Å². The van der Waals surface area contributed by atoms with Crippen LogP contribution in [0.25, 0.3) is 6.08 Å². The summed E-state index contributed by atoms with van der Waals surface area (Å²) in [7, 11) is 0. The van der Waals surface area contributed by atoms with Gasteiger partial charge in [0, 0.05) is 26.3 Å². The molecule has 1 N–H and O–H groups in total. The Morgan fingerprint density at radius 2 is 1.78 bits per heavy atom. The molecule has 0 aromatic heterocycles. The lowest BCUT2D eigenvalue weighted by atomic mass is 9.73. The van der Waals surface area contributed by atoms with Crippen LogP contribution in [-0.2, 0) is 19.7 Å². The molecule has 166 valence electrons. The van der Waals surface area contributed by atoms with E-state index >= 15 is 0 Å². The van der Waals surface area contributed by atoms with Gasteiger partial charge in [-0.3, -0.25) is 19.3 Å².